The molecule has 1 aromatic carbocycles. The third-order valence-electron chi connectivity index (χ3n) is 2.17. The largest absolute Gasteiger partial charge is 0.507 e. The number of benzene rings is 1. The van der Waals surface area contributed by atoms with Gasteiger partial charge in [0.05, 0.1) is 10.9 Å². The van der Waals surface area contributed by atoms with Crippen molar-refractivity contribution in [3.05, 3.63) is 30.0 Å². The minimum Gasteiger partial charge on any atom is -0.507 e. The van der Waals surface area contributed by atoms with Crippen LogP contribution in [-0.4, -0.2) is 5.11 Å². The third-order valence-corrected chi connectivity index (χ3v) is 2.17. The van der Waals surface area contributed by atoms with Crippen LogP contribution in [0.4, 0.5) is 0 Å². The summed E-state index contributed by atoms with van der Waals surface area (Å²) in [6, 6.07) is 6.97. The van der Waals surface area contributed by atoms with Crippen molar-refractivity contribution < 1.29 is 9.52 Å². The van der Waals surface area contributed by atoms with E-state index in [1.807, 2.05) is 19.9 Å². The molecule has 0 aliphatic heterocycles. The van der Waals surface area contributed by atoms with Gasteiger partial charge in [-0.05, 0) is 32.0 Å². The number of fused-ring (bicyclic) bond motifs is 1. The molecule has 3 nitrogen and oxygen atoms in total. The molecular weight excluding hydrogens is 178 g/mol. The maximum atomic E-state index is 9.55. The van der Waals surface area contributed by atoms with E-state index < -0.39 is 5.54 Å². The summed E-state index contributed by atoms with van der Waals surface area (Å²) in [7, 11) is 0. The average Bonchev–Trinajstić information content (AvgIpc) is 2.48. The van der Waals surface area contributed by atoms with Gasteiger partial charge in [0.15, 0.2) is 0 Å². The summed E-state index contributed by atoms with van der Waals surface area (Å²) in [4.78, 5) is 0. The molecule has 0 atom stereocenters. The maximum Gasteiger partial charge on any atom is 0.138 e. The van der Waals surface area contributed by atoms with Gasteiger partial charge in [0.25, 0.3) is 0 Å². The molecule has 0 aliphatic carbocycles. The van der Waals surface area contributed by atoms with Crippen molar-refractivity contribution in [2.24, 2.45) is 5.73 Å². The lowest BCUT2D eigenvalue weighted by molar-refractivity contribution is 0.413. The van der Waals surface area contributed by atoms with Crippen molar-refractivity contribution in [2.45, 2.75) is 19.4 Å². The van der Waals surface area contributed by atoms with Gasteiger partial charge >= 0.3 is 0 Å². The Bertz CT molecular complexity index is 466. The van der Waals surface area contributed by atoms with Gasteiger partial charge in [0, 0.05) is 0 Å². The van der Waals surface area contributed by atoms with Crippen LogP contribution in [0.1, 0.15) is 19.6 Å². The monoisotopic (exact) mass is 191 g/mol. The molecule has 0 fully saturated rings. The summed E-state index contributed by atoms with van der Waals surface area (Å²) >= 11 is 0. The standard InChI is InChI=1S/C11H13NO2/c1-11(2,12)10-6-7-8(13)4-3-5-9(7)14-10/h3-6,13H,12H2,1-2H3. The molecule has 0 aliphatic rings. The molecule has 0 unspecified atom stereocenters. The SMILES string of the molecule is CC(C)(N)c1cc2c(O)cccc2o1. The van der Waals surface area contributed by atoms with Gasteiger partial charge in [0.1, 0.15) is 17.1 Å². The second-order valence-electron chi connectivity index (χ2n) is 4.02. The topological polar surface area (TPSA) is 59.4 Å². The Hall–Kier alpha value is -1.48. The van der Waals surface area contributed by atoms with Crippen LogP contribution in [0.5, 0.6) is 5.75 Å². The quantitative estimate of drug-likeness (QED) is 0.727. The van der Waals surface area contributed by atoms with Gasteiger partial charge < -0.3 is 15.3 Å². The van der Waals surface area contributed by atoms with Gasteiger partial charge in [-0.3, -0.25) is 0 Å². The number of phenolic OH excluding ortho intramolecular Hbond substituents is 1. The van der Waals surface area contributed by atoms with E-state index in [0.29, 0.717) is 16.7 Å². The number of nitrogens with two attached hydrogens (primary N) is 1. The second-order valence-corrected chi connectivity index (χ2v) is 4.02. The fourth-order valence-corrected chi connectivity index (χ4v) is 1.36. The molecule has 3 N–H and O–H groups in total. The molecule has 1 aromatic heterocycles. The zero-order valence-corrected chi connectivity index (χ0v) is 8.24. The Labute approximate surface area is 82.1 Å². The lowest BCUT2D eigenvalue weighted by Gasteiger charge is -2.13. The van der Waals surface area contributed by atoms with Crippen LogP contribution in [0.25, 0.3) is 11.0 Å². The van der Waals surface area contributed by atoms with Gasteiger partial charge in [-0.15, -0.1) is 0 Å². The minimum absolute atomic E-state index is 0.224. The van der Waals surface area contributed by atoms with E-state index in [0.717, 1.165) is 0 Å². The lowest BCUT2D eigenvalue weighted by atomic mass is 10.0. The predicted octanol–water partition coefficient (Wildman–Crippen LogP) is 2.33. The molecule has 2 rings (SSSR count). The Morgan fingerprint density at radius 2 is 2.07 bits per heavy atom. The number of hydrogen-bond acceptors (Lipinski definition) is 3. The molecule has 0 saturated carbocycles. The summed E-state index contributed by atoms with van der Waals surface area (Å²) in [5, 5.41) is 10.3. The Balaban J connectivity index is 2.69. The van der Waals surface area contributed by atoms with Crippen LogP contribution < -0.4 is 5.73 Å². The summed E-state index contributed by atoms with van der Waals surface area (Å²) in [5.74, 6) is 0.899. The van der Waals surface area contributed by atoms with E-state index in [1.54, 1.807) is 18.2 Å². The predicted molar refractivity (Wildman–Crippen MR) is 55.1 cm³/mol. The van der Waals surface area contributed by atoms with Crippen LogP contribution in [-0.2, 0) is 5.54 Å². The van der Waals surface area contributed by atoms with E-state index in [1.165, 1.54) is 0 Å². The van der Waals surface area contributed by atoms with Gasteiger partial charge in [-0.2, -0.15) is 0 Å². The van der Waals surface area contributed by atoms with Crippen molar-refractivity contribution in [3.63, 3.8) is 0 Å². The lowest BCUT2D eigenvalue weighted by Crippen LogP contribution is -2.27. The summed E-state index contributed by atoms with van der Waals surface area (Å²) in [5.41, 5.74) is 6.04. The molecule has 0 saturated heterocycles. The van der Waals surface area contributed by atoms with Crippen molar-refractivity contribution in [1.29, 1.82) is 0 Å². The number of phenols is 1. The molecule has 0 bridgehead atoms. The van der Waals surface area contributed by atoms with E-state index >= 15 is 0 Å². The average molecular weight is 191 g/mol. The van der Waals surface area contributed by atoms with Gasteiger partial charge in [-0.1, -0.05) is 6.07 Å². The number of furan rings is 1. The highest BCUT2D eigenvalue weighted by atomic mass is 16.3. The van der Waals surface area contributed by atoms with E-state index in [4.69, 9.17) is 10.2 Å². The smallest absolute Gasteiger partial charge is 0.138 e. The third kappa shape index (κ3) is 1.36. The van der Waals surface area contributed by atoms with E-state index in [2.05, 4.69) is 0 Å². The van der Waals surface area contributed by atoms with Crippen LogP contribution in [0.2, 0.25) is 0 Å². The molecule has 1 heterocycles. The highest BCUT2D eigenvalue weighted by Gasteiger charge is 2.20. The molecule has 0 radical (unpaired) electrons. The zero-order valence-electron chi connectivity index (χ0n) is 8.24. The van der Waals surface area contributed by atoms with Crippen LogP contribution >= 0.6 is 0 Å². The summed E-state index contributed by atoms with van der Waals surface area (Å²) in [6.45, 7) is 3.73. The highest BCUT2D eigenvalue weighted by molar-refractivity contribution is 5.84. The Kier molecular flexibility index (Phi) is 1.79. The number of rotatable bonds is 1. The van der Waals surface area contributed by atoms with Crippen molar-refractivity contribution in [2.75, 3.05) is 0 Å². The van der Waals surface area contributed by atoms with Crippen molar-refractivity contribution in [1.82, 2.24) is 0 Å². The van der Waals surface area contributed by atoms with Crippen molar-refractivity contribution in [3.8, 4) is 5.75 Å². The van der Waals surface area contributed by atoms with Crippen LogP contribution in [0.3, 0.4) is 0 Å². The summed E-state index contributed by atoms with van der Waals surface area (Å²) < 4.78 is 5.53. The molecule has 0 amide bonds. The first kappa shape index (κ1) is 9.09. The Morgan fingerprint density at radius 1 is 1.36 bits per heavy atom. The fraction of sp³-hybridized carbons (Fsp3) is 0.273. The van der Waals surface area contributed by atoms with E-state index in [-0.39, 0.29) is 5.75 Å². The molecule has 74 valence electrons. The zero-order chi connectivity index (χ0) is 10.3. The second kappa shape index (κ2) is 2.75. The Morgan fingerprint density at radius 3 is 2.64 bits per heavy atom. The number of hydrogen-bond donors (Lipinski definition) is 2. The maximum absolute atomic E-state index is 9.55. The van der Waals surface area contributed by atoms with Crippen molar-refractivity contribution >= 4 is 11.0 Å². The first-order chi connectivity index (χ1) is 6.48. The summed E-state index contributed by atoms with van der Waals surface area (Å²) in [6.07, 6.45) is 0. The molecule has 14 heavy (non-hydrogen) atoms. The number of aromatic hydroxyl groups is 1. The van der Waals surface area contributed by atoms with Crippen LogP contribution in [0.15, 0.2) is 28.7 Å². The minimum atomic E-state index is -0.522. The van der Waals surface area contributed by atoms with Crippen LogP contribution in [0, 0.1) is 0 Å². The molecule has 3 heteroatoms. The fourth-order valence-electron chi connectivity index (χ4n) is 1.36. The van der Waals surface area contributed by atoms with E-state index in [9.17, 15) is 5.11 Å². The highest BCUT2D eigenvalue weighted by Crippen LogP contribution is 2.31. The molecular formula is C11H13NO2. The van der Waals surface area contributed by atoms with Gasteiger partial charge in [0.2, 0.25) is 0 Å². The normalized spacial score (nSPS) is 12.2. The molecule has 0 spiro atoms. The first-order valence-electron chi connectivity index (χ1n) is 4.49. The molecule has 2 aromatic rings. The van der Waals surface area contributed by atoms with Gasteiger partial charge in [-0.25, -0.2) is 0 Å². The first-order valence-corrected chi connectivity index (χ1v) is 4.49.